The van der Waals surface area contributed by atoms with E-state index in [2.05, 4.69) is 65.9 Å². The van der Waals surface area contributed by atoms with Crippen molar-refractivity contribution in [3.05, 3.63) is 0 Å². The van der Waals surface area contributed by atoms with Gasteiger partial charge in [-0.2, -0.15) is 0 Å². The van der Waals surface area contributed by atoms with E-state index in [9.17, 15) is 0 Å². The van der Waals surface area contributed by atoms with E-state index in [1.54, 1.807) is 0 Å². The van der Waals surface area contributed by atoms with Crippen LogP contribution in [0, 0.1) is 17.8 Å². The summed E-state index contributed by atoms with van der Waals surface area (Å²) in [5, 5.41) is 3.94. The summed E-state index contributed by atoms with van der Waals surface area (Å²) in [6, 6.07) is 1.29. The zero-order valence-corrected chi connectivity index (χ0v) is 14.7. The first kappa shape index (κ1) is 18.9. The van der Waals surface area contributed by atoms with E-state index >= 15 is 0 Å². The van der Waals surface area contributed by atoms with Gasteiger partial charge in [-0.3, -0.25) is 0 Å². The van der Waals surface area contributed by atoms with Crippen molar-refractivity contribution < 1.29 is 0 Å². The van der Waals surface area contributed by atoms with Crippen molar-refractivity contribution >= 4 is 0 Å². The molecular formula is C17H38N2. The molecule has 0 aromatic heterocycles. The van der Waals surface area contributed by atoms with Crippen LogP contribution in [-0.2, 0) is 0 Å². The summed E-state index contributed by atoms with van der Waals surface area (Å²) in [6.07, 6.45) is 3.85. The van der Waals surface area contributed by atoms with Gasteiger partial charge in [0.05, 0.1) is 0 Å². The lowest BCUT2D eigenvalue weighted by Crippen LogP contribution is -2.45. The molecule has 0 spiro atoms. The summed E-state index contributed by atoms with van der Waals surface area (Å²) < 4.78 is 0. The Kier molecular flexibility index (Phi) is 9.72. The van der Waals surface area contributed by atoms with Crippen LogP contribution in [0.2, 0.25) is 0 Å². The smallest absolute Gasteiger partial charge is 0.0199 e. The summed E-state index contributed by atoms with van der Waals surface area (Å²) >= 11 is 0. The first-order valence-corrected chi connectivity index (χ1v) is 8.11. The Labute approximate surface area is 122 Å². The lowest BCUT2D eigenvalue weighted by Gasteiger charge is -2.31. The van der Waals surface area contributed by atoms with Crippen molar-refractivity contribution in [2.45, 2.75) is 72.9 Å². The molecule has 1 atom stereocenters. The van der Waals surface area contributed by atoms with Crippen molar-refractivity contribution in [3.63, 3.8) is 0 Å². The molecule has 0 heterocycles. The first-order valence-electron chi connectivity index (χ1n) is 8.11. The molecule has 19 heavy (non-hydrogen) atoms. The maximum absolute atomic E-state index is 3.94. The number of nitrogens with one attached hydrogen (secondary N) is 1. The predicted octanol–water partition coefficient (Wildman–Crippen LogP) is 4.01. The van der Waals surface area contributed by atoms with Gasteiger partial charge < -0.3 is 10.2 Å². The second-order valence-electron chi connectivity index (χ2n) is 7.71. The minimum atomic E-state index is 0.623. The van der Waals surface area contributed by atoms with Crippen LogP contribution >= 0.6 is 0 Å². The fraction of sp³-hybridized carbons (Fsp3) is 1.00. The average molecular weight is 271 g/mol. The van der Waals surface area contributed by atoms with Gasteiger partial charge in [0.1, 0.15) is 0 Å². The lowest BCUT2D eigenvalue weighted by molar-refractivity contribution is 0.257. The minimum Gasteiger partial charge on any atom is -0.310 e. The van der Waals surface area contributed by atoms with Crippen LogP contribution in [0.1, 0.15) is 60.8 Å². The van der Waals surface area contributed by atoms with Gasteiger partial charge in [0.15, 0.2) is 0 Å². The van der Waals surface area contributed by atoms with Crippen LogP contribution in [0.15, 0.2) is 0 Å². The van der Waals surface area contributed by atoms with Crippen molar-refractivity contribution in [2.75, 3.05) is 20.6 Å². The quantitative estimate of drug-likeness (QED) is 0.645. The molecule has 0 bridgehead atoms. The van der Waals surface area contributed by atoms with Crippen LogP contribution < -0.4 is 5.32 Å². The maximum Gasteiger partial charge on any atom is 0.0199 e. The van der Waals surface area contributed by atoms with E-state index < -0.39 is 0 Å². The Bertz CT molecular complexity index is 167. The van der Waals surface area contributed by atoms with Crippen LogP contribution in [-0.4, -0.2) is 37.6 Å². The summed E-state index contributed by atoms with van der Waals surface area (Å²) in [4.78, 5) is 2.31. The zero-order chi connectivity index (χ0) is 15.0. The molecule has 0 amide bonds. The number of likely N-dealkylation sites (N-methyl/N-ethyl adjacent to an activating group) is 1. The standard InChI is InChI=1S/C17H38N2/c1-13(2)9-16(10-14(3)4)18-17(11-15(5)6)12-19(7)8/h13-18H,9-12H2,1-8H3. The molecule has 116 valence electrons. The van der Waals surface area contributed by atoms with E-state index in [-0.39, 0.29) is 0 Å². The molecule has 1 unspecified atom stereocenters. The second kappa shape index (κ2) is 9.77. The molecule has 2 nitrogen and oxygen atoms in total. The van der Waals surface area contributed by atoms with Crippen LogP contribution in [0.5, 0.6) is 0 Å². The largest absolute Gasteiger partial charge is 0.310 e. The molecule has 0 aliphatic carbocycles. The highest BCUT2D eigenvalue weighted by atomic mass is 15.1. The fourth-order valence-corrected chi connectivity index (χ4v) is 2.91. The molecular weight excluding hydrogens is 232 g/mol. The molecule has 0 saturated heterocycles. The van der Waals surface area contributed by atoms with Gasteiger partial charge in [0.25, 0.3) is 0 Å². The zero-order valence-electron chi connectivity index (χ0n) is 14.7. The van der Waals surface area contributed by atoms with Gasteiger partial charge in [0, 0.05) is 18.6 Å². The number of nitrogens with zero attached hydrogens (tertiary/aromatic N) is 1. The molecule has 0 aliphatic heterocycles. The van der Waals surface area contributed by atoms with Gasteiger partial charge in [-0.25, -0.2) is 0 Å². The predicted molar refractivity (Wildman–Crippen MR) is 87.6 cm³/mol. The third-order valence-electron chi connectivity index (χ3n) is 3.32. The Balaban J connectivity index is 4.51. The molecule has 0 saturated carbocycles. The van der Waals surface area contributed by atoms with Crippen LogP contribution in [0.4, 0.5) is 0 Å². The lowest BCUT2D eigenvalue weighted by atomic mass is 9.93. The van der Waals surface area contributed by atoms with E-state index in [0.717, 1.165) is 24.3 Å². The molecule has 0 rings (SSSR count). The second-order valence-corrected chi connectivity index (χ2v) is 7.71. The van der Waals surface area contributed by atoms with Gasteiger partial charge in [-0.1, -0.05) is 41.5 Å². The van der Waals surface area contributed by atoms with Crippen molar-refractivity contribution in [2.24, 2.45) is 17.8 Å². The minimum absolute atomic E-state index is 0.623. The first-order chi connectivity index (χ1) is 8.70. The van der Waals surface area contributed by atoms with E-state index in [0.29, 0.717) is 12.1 Å². The van der Waals surface area contributed by atoms with E-state index in [4.69, 9.17) is 0 Å². The third kappa shape index (κ3) is 11.4. The summed E-state index contributed by atoms with van der Waals surface area (Å²) in [6.45, 7) is 15.1. The molecule has 0 radical (unpaired) electrons. The molecule has 1 N–H and O–H groups in total. The number of hydrogen-bond donors (Lipinski definition) is 1. The Hall–Kier alpha value is -0.0800. The van der Waals surface area contributed by atoms with Gasteiger partial charge in [-0.05, 0) is 51.1 Å². The van der Waals surface area contributed by atoms with Gasteiger partial charge >= 0.3 is 0 Å². The van der Waals surface area contributed by atoms with E-state index in [1.165, 1.54) is 19.3 Å². The third-order valence-corrected chi connectivity index (χ3v) is 3.32. The van der Waals surface area contributed by atoms with Crippen molar-refractivity contribution in [3.8, 4) is 0 Å². The molecule has 0 aromatic carbocycles. The summed E-state index contributed by atoms with van der Waals surface area (Å²) in [7, 11) is 4.35. The van der Waals surface area contributed by atoms with E-state index in [1.807, 2.05) is 0 Å². The summed E-state index contributed by atoms with van der Waals surface area (Å²) in [5.41, 5.74) is 0. The van der Waals surface area contributed by atoms with Crippen LogP contribution in [0.3, 0.4) is 0 Å². The molecule has 0 aliphatic rings. The Morgan fingerprint density at radius 2 is 1.05 bits per heavy atom. The maximum atomic E-state index is 3.94. The fourth-order valence-electron chi connectivity index (χ4n) is 2.91. The SMILES string of the molecule is CC(C)CC(CC(C)C)NC(CC(C)C)CN(C)C. The Morgan fingerprint density at radius 3 is 1.37 bits per heavy atom. The highest BCUT2D eigenvalue weighted by Crippen LogP contribution is 2.16. The van der Waals surface area contributed by atoms with Gasteiger partial charge in [-0.15, -0.1) is 0 Å². The number of rotatable bonds is 10. The van der Waals surface area contributed by atoms with Crippen LogP contribution in [0.25, 0.3) is 0 Å². The monoisotopic (exact) mass is 270 g/mol. The number of hydrogen-bond acceptors (Lipinski definition) is 2. The molecule has 2 heteroatoms. The Morgan fingerprint density at radius 1 is 0.684 bits per heavy atom. The van der Waals surface area contributed by atoms with Gasteiger partial charge in [0.2, 0.25) is 0 Å². The average Bonchev–Trinajstić information content (AvgIpc) is 2.11. The molecule has 0 fully saturated rings. The highest BCUT2D eigenvalue weighted by Gasteiger charge is 2.19. The van der Waals surface area contributed by atoms with Crippen molar-refractivity contribution in [1.29, 1.82) is 0 Å². The topological polar surface area (TPSA) is 15.3 Å². The highest BCUT2D eigenvalue weighted by molar-refractivity contribution is 4.79. The van der Waals surface area contributed by atoms with Crippen molar-refractivity contribution in [1.82, 2.24) is 10.2 Å². The normalized spacial score (nSPS) is 14.4. The molecule has 0 aromatic rings. The summed E-state index contributed by atoms with van der Waals surface area (Å²) in [5.74, 6) is 2.31.